The highest BCUT2D eigenvalue weighted by Gasteiger charge is 2.26. The Morgan fingerprint density at radius 2 is 2.22 bits per heavy atom. The lowest BCUT2D eigenvalue weighted by Gasteiger charge is -2.26. The summed E-state index contributed by atoms with van der Waals surface area (Å²) in [7, 11) is 0. The van der Waals surface area contributed by atoms with Crippen molar-refractivity contribution in [2.24, 2.45) is 5.73 Å². The van der Waals surface area contributed by atoms with Gasteiger partial charge in [0.15, 0.2) is 5.58 Å². The zero-order valence-corrected chi connectivity index (χ0v) is 10.5. The second-order valence-electron chi connectivity index (χ2n) is 4.32. The predicted molar refractivity (Wildman–Crippen MR) is 68.7 cm³/mol. The maximum absolute atomic E-state index is 6.14. The lowest BCUT2D eigenvalue weighted by Crippen LogP contribution is -2.37. The molecule has 1 aromatic heterocycles. The molecule has 96 valence electrons. The first-order valence-electron chi connectivity index (χ1n) is 5.88. The van der Waals surface area contributed by atoms with Crippen molar-refractivity contribution in [2.45, 2.75) is 12.1 Å². The first-order valence-corrected chi connectivity index (χ1v) is 6.26. The summed E-state index contributed by atoms with van der Waals surface area (Å²) in [5.41, 5.74) is 6.81. The van der Waals surface area contributed by atoms with Gasteiger partial charge in [0.2, 0.25) is 0 Å². The van der Waals surface area contributed by atoms with Gasteiger partial charge in [-0.25, -0.2) is 0 Å². The van der Waals surface area contributed by atoms with E-state index < -0.39 is 0 Å². The number of hydrogen-bond acceptors (Lipinski definition) is 4. The molecule has 0 saturated carbocycles. The maximum atomic E-state index is 6.14. The summed E-state index contributed by atoms with van der Waals surface area (Å²) < 4.78 is 16.6. The maximum Gasteiger partial charge on any atom is 0.152 e. The highest BCUT2D eigenvalue weighted by molar-refractivity contribution is 6.34. The number of halogens is 1. The van der Waals surface area contributed by atoms with Gasteiger partial charge in [0.05, 0.1) is 30.9 Å². The monoisotopic (exact) mass is 267 g/mol. The Labute approximate surface area is 110 Å². The lowest BCUT2D eigenvalue weighted by atomic mass is 10.1. The number of hydrogen-bond donors (Lipinski definition) is 1. The molecule has 0 bridgehead atoms. The highest BCUT2D eigenvalue weighted by atomic mass is 35.5. The standard InChI is InChI=1S/C13H14ClNO3/c14-9-3-1-2-8-6-10(18-13(8)9)12(15)11-7-16-4-5-17-11/h1-3,6,11-12H,4-5,7,15H2. The van der Waals surface area contributed by atoms with Crippen LogP contribution in [0, 0.1) is 0 Å². The first kappa shape index (κ1) is 12.0. The number of para-hydroxylation sites is 1. The molecule has 1 aliphatic heterocycles. The van der Waals surface area contributed by atoms with Gasteiger partial charge in [-0.05, 0) is 12.1 Å². The molecule has 5 heteroatoms. The second kappa shape index (κ2) is 4.90. The SMILES string of the molecule is NC(c1cc2cccc(Cl)c2o1)C1COCCO1. The van der Waals surface area contributed by atoms with Gasteiger partial charge in [0.25, 0.3) is 0 Å². The fourth-order valence-electron chi connectivity index (χ4n) is 2.11. The van der Waals surface area contributed by atoms with Crippen LogP contribution in [0.15, 0.2) is 28.7 Å². The lowest BCUT2D eigenvalue weighted by molar-refractivity contribution is -0.0994. The molecule has 2 N–H and O–H groups in total. The molecule has 2 heterocycles. The van der Waals surface area contributed by atoms with E-state index in [9.17, 15) is 0 Å². The van der Waals surface area contributed by atoms with E-state index in [4.69, 9.17) is 31.2 Å². The molecule has 1 aromatic carbocycles. The van der Waals surface area contributed by atoms with Crippen LogP contribution in [0.3, 0.4) is 0 Å². The summed E-state index contributed by atoms with van der Waals surface area (Å²) >= 11 is 6.07. The topological polar surface area (TPSA) is 57.6 Å². The van der Waals surface area contributed by atoms with Gasteiger partial charge in [-0.3, -0.25) is 0 Å². The van der Waals surface area contributed by atoms with Gasteiger partial charge in [0, 0.05) is 5.39 Å². The Balaban J connectivity index is 1.91. The third-order valence-electron chi connectivity index (χ3n) is 3.09. The molecule has 2 atom stereocenters. The Morgan fingerprint density at radius 3 is 2.94 bits per heavy atom. The van der Waals surface area contributed by atoms with E-state index in [-0.39, 0.29) is 12.1 Å². The highest BCUT2D eigenvalue weighted by Crippen LogP contribution is 2.30. The van der Waals surface area contributed by atoms with Gasteiger partial charge >= 0.3 is 0 Å². The van der Waals surface area contributed by atoms with Crippen molar-refractivity contribution in [1.82, 2.24) is 0 Å². The molecule has 3 rings (SSSR count). The Kier molecular flexibility index (Phi) is 3.26. The molecular formula is C13H14ClNO3. The fraction of sp³-hybridized carbons (Fsp3) is 0.385. The van der Waals surface area contributed by atoms with Crippen LogP contribution in [0.1, 0.15) is 11.8 Å². The number of fused-ring (bicyclic) bond motifs is 1. The van der Waals surface area contributed by atoms with E-state index in [0.717, 1.165) is 5.39 Å². The van der Waals surface area contributed by atoms with E-state index in [1.807, 2.05) is 18.2 Å². The van der Waals surface area contributed by atoms with Crippen molar-refractivity contribution in [2.75, 3.05) is 19.8 Å². The normalized spacial score (nSPS) is 22.2. The van der Waals surface area contributed by atoms with Crippen LogP contribution in [0.5, 0.6) is 0 Å². The summed E-state index contributed by atoms with van der Waals surface area (Å²) in [5.74, 6) is 0.675. The van der Waals surface area contributed by atoms with E-state index in [1.165, 1.54) is 0 Å². The van der Waals surface area contributed by atoms with Crippen LogP contribution in [0.2, 0.25) is 5.02 Å². The van der Waals surface area contributed by atoms with Crippen LogP contribution in [-0.4, -0.2) is 25.9 Å². The van der Waals surface area contributed by atoms with Gasteiger partial charge in [-0.1, -0.05) is 23.7 Å². The summed E-state index contributed by atoms with van der Waals surface area (Å²) in [5, 5.41) is 1.54. The molecule has 0 radical (unpaired) electrons. The van der Waals surface area contributed by atoms with Crippen molar-refractivity contribution in [3.8, 4) is 0 Å². The molecular weight excluding hydrogens is 254 g/mol. The number of rotatable bonds is 2. The molecule has 2 aromatic rings. The molecule has 18 heavy (non-hydrogen) atoms. The van der Waals surface area contributed by atoms with Crippen molar-refractivity contribution in [1.29, 1.82) is 0 Å². The number of ether oxygens (including phenoxy) is 2. The summed E-state index contributed by atoms with van der Waals surface area (Å²) in [6, 6.07) is 7.19. The van der Waals surface area contributed by atoms with Crippen molar-refractivity contribution >= 4 is 22.6 Å². The van der Waals surface area contributed by atoms with Gasteiger partial charge in [0.1, 0.15) is 11.9 Å². The largest absolute Gasteiger partial charge is 0.458 e. The summed E-state index contributed by atoms with van der Waals surface area (Å²) in [4.78, 5) is 0. The fourth-order valence-corrected chi connectivity index (χ4v) is 2.33. The molecule has 2 unspecified atom stereocenters. The minimum atomic E-state index is -0.339. The second-order valence-corrected chi connectivity index (χ2v) is 4.72. The van der Waals surface area contributed by atoms with Crippen LogP contribution < -0.4 is 5.73 Å². The average Bonchev–Trinajstić information content (AvgIpc) is 2.84. The molecule has 1 fully saturated rings. The zero-order chi connectivity index (χ0) is 12.5. The Bertz CT molecular complexity index is 548. The van der Waals surface area contributed by atoms with E-state index in [0.29, 0.717) is 36.2 Å². The van der Waals surface area contributed by atoms with Crippen molar-refractivity contribution in [3.63, 3.8) is 0 Å². The quantitative estimate of drug-likeness (QED) is 0.908. The van der Waals surface area contributed by atoms with Crippen LogP contribution in [-0.2, 0) is 9.47 Å². The Morgan fingerprint density at radius 1 is 1.33 bits per heavy atom. The van der Waals surface area contributed by atoms with E-state index in [1.54, 1.807) is 6.07 Å². The van der Waals surface area contributed by atoms with Crippen molar-refractivity contribution in [3.05, 3.63) is 35.0 Å². The van der Waals surface area contributed by atoms with Crippen LogP contribution in [0.25, 0.3) is 11.0 Å². The number of furan rings is 1. The minimum Gasteiger partial charge on any atom is -0.458 e. The zero-order valence-electron chi connectivity index (χ0n) is 9.77. The molecule has 1 aliphatic rings. The van der Waals surface area contributed by atoms with Crippen LogP contribution in [0.4, 0.5) is 0 Å². The third kappa shape index (κ3) is 2.12. The first-order chi connectivity index (χ1) is 8.75. The van der Waals surface area contributed by atoms with Gasteiger partial charge in [-0.2, -0.15) is 0 Å². The van der Waals surface area contributed by atoms with E-state index in [2.05, 4.69) is 0 Å². The molecule has 0 aliphatic carbocycles. The van der Waals surface area contributed by atoms with Crippen molar-refractivity contribution < 1.29 is 13.9 Å². The molecule has 4 nitrogen and oxygen atoms in total. The Hall–Kier alpha value is -1.07. The molecule has 1 saturated heterocycles. The average molecular weight is 268 g/mol. The molecule has 0 spiro atoms. The summed E-state index contributed by atoms with van der Waals surface area (Å²) in [6.07, 6.45) is -0.168. The third-order valence-corrected chi connectivity index (χ3v) is 3.38. The smallest absolute Gasteiger partial charge is 0.152 e. The van der Waals surface area contributed by atoms with Gasteiger partial charge in [-0.15, -0.1) is 0 Å². The summed E-state index contributed by atoms with van der Waals surface area (Å²) in [6.45, 7) is 1.68. The molecule has 0 amide bonds. The minimum absolute atomic E-state index is 0.168. The number of nitrogens with two attached hydrogens (primary N) is 1. The van der Waals surface area contributed by atoms with Gasteiger partial charge < -0.3 is 19.6 Å². The van der Waals surface area contributed by atoms with E-state index >= 15 is 0 Å². The predicted octanol–water partition coefficient (Wildman–Crippen LogP) is 2.50. The number of benzene rings is 1. The van der Waals surface area contributed by atoms with Crippen LogP contribution >= 0.6 is 11.6 Å².